The van der Waals surface area contributed by atoms with Crippen LogP contribution >= 0.6 is 0 Å². The number of rotatable bonds is 5. The molecule has 1 spiro atoms. The number of aromatic nitrogens is 3. The van der Waals surface area contributed by atoms with E-state index in [-0.39, 0.29) is 39.5 Å². The van der Waals surface area contributed by atoms with Gasteiger partial charge in [0.2, 0.25) is 0 Å². The maximum absolute atomic E-state index is 16.9. The highest BCUT2D eigenvalue weighted by atomic mass is 19.1. The van der Waals surface area contributed by atoms with Gasteiger partial charge in [0, 0.05) is 59.3 Å². The number of benzene rings is 2. The molecule has 9 rings (SSSR count). The van der Waals surface area contributed by atoms with Crippen molar-refractivity contribution in [3.05, 3.63) is 47.7 Å². The first-order chi connectivity index (χ1) is 22.3. The summed E-state index contributed by atoms with van der Waals surface area (Å²) in [6, 6.07) is 6.90. The van der Waals surface area contributed by atoms with Gasteiger partial charge in [-0.2, -0.15) is 9.97 Å². The second-order valence-corrected chi connectivity index (χ2v) is 14.3. The first-order valence-electron chi connectivity index (χ1n) is 16.4. The van der Waals surface area contributed by atoms with E-state index >= 15 is 4.39 Å². The van der Waals surface area contributed by atoms with Crippen LogP contribution in [0, 0.1) is 29.4 Å². The molecule has 2 aromatic carbocycles. The molecule has 5 heterocycles. The number of pyridine rings is 1. The van der Waals surface area contributed by atoms with Crippen LogP contribution in [0.25, 0.3) is 32.9 Å². The fourth-order valence-corrected chi connectivity index (χ4v) is 9.38. The van der Waals surface area contributed by atoms with E-state index in [1.165, 1.54) is 43.5 Å². The van der Waals surface area contributed by atoms with Crippen molar-refractivity contribution in [1.82, 2.24) is 25.2 Å². The Kier molecular flexibility index (Phi) is 6.10. The van der Waals surface area contributed by atoms with E-state index in [9.17, 15) is 9.50 Å². The van der Waals surface area contributed by atoms with Gasteiger partial charge in [0.1, 0.15) is 28.6 Å². The molecule has 2 aliphatic carbocycles. The van der Waals surface area contributed by atoms with E-state index in [1.807, 2.05) is 0 Å². The van der Waals surface area contributed by atoms with Crippen molar-refractivity contribution in [2.45, 2.75) is 75.0 Å². The lowest BCUT2D eigenvalue weighted by Gasteiger charge is -2.34. The van der Waals surface area contributed by atoms with Crippen molar-refractivity contribution in [2.24, 2.45) is 5.41 Å². The van der Waals surface area contributed by atoms with Crippen molar-refractivity contribution < 1.29 is 18.6 Å². The smallest absolute Gasteiger partial charge is 0.319 e. The maximum atomic E-state index is 16.9. The van der Waals surface area contributed by atoms with Crippen LogP contribution in [0.5, 0.6) is 11.8 Å². The summed E-state index contributed by atoms with van der Waals surface area (Å²) in [5.41, 5.74) is 0.523. The summed E-state index contributed by atoms with van der Waals surface area (Å²) >= 11 is 0. The van der Waals surface area contributed by atoms with Crippen LogP contribution in [0.15, 0.2) is 30.5 Å². The zero-order valence-corrected chi connectivity index (χ0v) is 25.8. The Hall–Kier alpha value is -4.07. The Labute approximate surface area is 266 Å². The first kappa shape index (κ1) is 28.2. The lowest BCUT2D eigenvalue weighted by atomic mass is 9.81. The highest BCUT2D eigenvalue weighted by molar-refractivity contribution is 6.03. The van der Waals surface area contributed by atoms with E-state index in [1.54, 1.807) is 6.20 Å². The summed E-state index contributed by atoms with van der Waals surface area (Å²) < 4.78 is 38.3. The number of hydrogen-bond acceptors (Lipinski definition) is 8. The number of phenols is 1. The van der Waals surface area contributed by atoms with Crippen LogP contribution in [0.4, 0.5) is 14.6 Å². The molecule has 4 atom stereocenters. The third-order valence-electron chi connectivity index (χ3n) is 11.7. The summed E-state index contributed by atoms with van der Waals surface area (Å²) in [4.78, 5) is 19.0. The summed E-state index contributed by atoms with van der Waals surface area (Å²) in [5, 5.41) is 15.5. The Morgan fingerprint density at radius 2 is 1.91 bits per heavy atom. The normalized spacial score (nSPS) is 27.9. The molecule has 2 saturated carbocycles. The Bertz CT molecular complexity index is 1960. The summed E-state index contributed by atoms with van der Waals surface area (Å²) in [6.45, 7) is 1.97. The van der Waals surface area contributed by atoms with E-state index in [0.717, 1.165) is 45.2 Å². The summed E-state index contributed by atoms with van der Waals surface area (Å²) in [7, 11) is 2.26. The third kappa shape index (κ3) is 4.14. The van der Waals surface area contributed by atoms with Crippen LogP contribution in [0.2, 0.25) is 0 Å². The number of anilines is 1. The molecule has 236 valence electrons. The number of terminal acetylenes is 1. The minimum atomic E-state index is -0.697. The number of likely N-dealkylation sites (tertiary alicyclic amines) is 1. The van der Waals surface area contributed by atoms with Gasteiger partial charge < -0.3 is 20.1 Å². The largest absolute Gasteiger partial charge is 0.508 e. The predicted octanol–water partition coefficient (Wildman–Crippen LogP) is 5.54. The van der Waals surface area contributed by atoms with Gasteiger partial charge in [0.25, 0.3) is 0 Å². The molecule has 0 radical (unpaired) electrons. The molecule has 46 heavy (non-hydrogen) atoms. The van der Waals surface area contributed by atoms with Gasteiger partial charge in [-0.25, -0.2) is 8.78 Å². The molecule has 3 aliphatic heterocycles. The number of halogens is 2. The number of aromatic hydroxyl groups is 1. The third-order valence-corrected chi connectivity index (χ3v) is 11.7. The number of nitrogens with one attached hydrogen (secondary N) is 1. The molecule has 2 bridgehead atoms. The van der Waals surface area contributed by atoms with E-state index in [0.29, 0.717) is 52.2 Å². The lowest BCUT2D eigenvalue weighted by Crippen LogP contribution is -2.51. The first-order valence-corrected chi connectivity index (χ1v) is 16.4. The van der Waals surface area contributed by atoms with E-state index in [4.69, 9.17) is 21.1 Å². The second-order valence-electron chi connectivity index (χ2n) is 14.3. The van der Waals surface area contributed by atoms with Gasteiger partial charge in [0.15, 0.2) is 5.82 Å². The lowest BCUT2D eigenvalue weighted by molar-refractivity contribution is 0.113. The fraction of sp³-hybridized carbons (Fsp3) is 0.472. The number of ether oxygens (including phenoxy) is 1. The zero-order chi connectivity index (χ0) is 31.4. The molecule has 8 nitrogen and oxygen atoms in total. The molecule has 5 aliphatic rings. The highest BCUT2D eigenvalue weighted by Gasteiger charge is 2.64. The standard InChI is InChI=1S/C36H36F2N6O2/c1-3-24-27(37)9-6-20-13-23(45)14-25(29(20)24)31-30(38)32-26(15-39-31)33(44-16-21-7-8-22(17-44)40-21)42-34(41-32)46-19-35-10-4-5-28(35)43(2)36(18-35)11-12-36/h1,6,9,13-15,21-22,28,40,45H,4-5,7-8,10-12,16-19H2,2H3/t21-,22+,28?,35?. The average Bonchev–Trinajstić information content (AvgIpc) is 3.51. The molecule has 2 unspecified atom stereocenters. The minimum absolute atomic E-state index is 0.0159. The van der Waals surface area contributed by atoms with Crippen LogP contribution < -0.4 is 15.0 Å². The van der Waals surface area contributed by atoms with Crippen LogP contribution in [-0.4, -0.2) is 75.4 Å². The van der Waals surface area contributed by atoms with Crippen molar-refractivity contribution in [3.8, 4) is 35.4 Å². The zero-order valence-electron chi connectivity index (χ0n) is 25.8. The fourth-order valence-electron chi connectivity index (χ4n) is 9.38. The number of phenolic OH excluding ortho intramolecular Hbond substituents is 1. The topological polar surface area (TPSA) is 86.6 Å². The SMILES string of the molecule is C#Cc1c(F)ccc2cc(O)cc(-c3ncc4c(N5C[C@H]6CC[C@@H](C5)N6)nc(OCC56CCCC5N(C)C5(CC5)C6)nc4c3F)c12. The van der Waals surface area contributed by atoms with Crippen molar-refractivity contribution >= 4 is 27.5 Å². The second kappa shape index (κ2) is 9.96. The van der Waals surface area contributed by atoms with Gasteiger partial charge in [-0.1, -0.05) is 18.4 Å². The predicted molar refractivity (Wildman–Crippen MR) is 172 cm³/mol. The molecule has 2 N–H and O–H groups in total. The molecule has 0 amide bonds. The van der Waals surface area contributed by atoms with Crippen molar-refractivity contribution in [1.29, 1.82) is 0 Å². The molecule has 2 aromatic heterocycles. The monoisotopic (exact) mass is 622 g/mol. The van der Waals surface area contributed by atoms with Crippen LogP contribution in [0.3, 0.4) is 0 Å². The van der Waals surface area contributed by atoms with Crippen LogP contribution in [-0.2, 0) is 0 Å². The molecule has 3 saturated heterocycles. The average molecular weight is 623 g/mol. The Morgan fingerprint density at radius 3 is 2.67 bits per heavy atom. The molecular weight excluding hydrogens is 586 g/mol. The minimum Gasteiger partial charge on any atom is -0.508 e. The molecule has 5 fully saturated rings. The maximum Gasteiger partial charge on any atom is 0.319 e. The van der Waals surface area contributed by atoms with E-state index < -0.39 is 11.6 Å². The van der Waals surface area contributed by atoms with Crippen molar-refractivity contribution in [3.63, 3.8) is 0 Å². The van der Waals surface area contributed by atoms with E-state index in [2.05, 4.69) is 33.1 Å². The number of hydrogen-bond donors (Lipinski definition) is 2. The number of fused-ring (bicyclic) bond motifs is 5. The van der Waals surface area contributed by atoms with Gasteiger partial charge >= 0.3 is 6.01 Å². The van der Waals surface area contributed by atoms with Gasteiger partial charge in [0.05, 0.1) is 17.6 Å². The molecule has 4 aromatic rings. The molecule has 10 heteroatoms. The number of nitrogens with zero attached hydrogens (tertiary/aromatic N) is 5. The number of piperazine rings is 1. The Morgan fingerprint density at radius 1 is 1.11 bits per heavy atom. The summed E-state index contributed by atoms with van der Waals surface area (Å²) in [6.07, 6.45) is 16.5. The highest BCUT2D eigenvalue weighted by Crippen LogP contribution is 2.62. The van der Waals surface area contributed by atoms with Gasteiger partial charge in [-0.15, -0.1) is 6.42 Å². The Balaban J connectivity index is 1.18. The quantitative estimate of drug-likeness (QED) is 0.281. The van der Waals surface area contributed by atoms with Crippen molar-refractivity contribution in [2.75, 3.05) is 31.6 Å². The van der Waals surface area contributed by atoms with Crippen LogP contribution in [0.1, 0.15) is 56.9 Å². The molecular formula is C36H36F2N6O2. The van der Waals surface area contributed by atoms with Gasteiger partial charge in [-0.3, -0.25) is 9.88 Å². The summed E-state index contributed by atoms with van der Waals surface area (Å²) in [5.74, 6) is 1.60. The van der Waals surface area contributed by atoms with Gasteiger partial charge in [-0.05, 0) is 75.6 Å².